The van der Waals surface area contributed by atoms with Crippen LogP contribution in [0, 0.1) is 0 Å². The summed E-state index contributed by atoms with van der Waals surface area (Å²) in [6.45, 7) is 4.24. The van der Waals surface area contributed by atoms with Crippen LogP contribution in [0.2, 0.25) is 0 Å². The van der Waals surface area contributed by atoms with Gasteiger partial charge < -0.3 is 4.84 Å². The third kappa shape index (κ3) is 4.11. The van der Waals surface area contributed by atoms with Gasteiger partial charge in [-0.1, -0.05) is 71.9 Å². The Kier molecular flexibility index (Phi) is 4.94. The Balaban J connectivity index is 2.03. The Labute approximate surface area is 114 Å². The molecule has 2 aromatic carbocycles. The van der Waals surface area contributed by atoms with Crippen molar-refractivity contribution in [3.8, 4) is 0 Å². The predicted molar refractivity (Wildman–Crippen MR) is 79.0 cm³/mol. The summed E-state index contributed by atoms with van der Waals surface area (Å²) in [6, 6.07) is 20.0. The first-order chi connectivity index (χ1) is 9.40. The number of rotatable bonds is 6. The van der Waals surface area contributed by atoms with Gasteiger partial charge in [-0.05, 0) is 11.1 Å². The van der Waals surface area contributed by atoms with Gasteiger partial charge in [-0.25, -0.2) is 0 Å². The Bertz CT molecular complexity index is 532. The minimum Gasteiger partial charge on any atom is -0.391 e. The van der Waals surface area contributed by atoms with E-state index in [2.05, 4.69) is 11.7 Å². The zero-order valence-corrected chi connectivity index (χ0v) is 10.8. The molecule has 0 aliphatic heterocycles. The number of hydrogen-bond donors (Lipinski definition) is 0. The first-order valence-electron chi connectivity index (χ1n) is 6.29. The maximum Gasteiger partial charge on any atom is 0.142 e. The fourth-order valence-electron chi connectivity index (χ4n) is 1.73. The lowest BCUT2D eigenvalue weighted by atomic mass is 10.1. The van der Waals surface area contributed by atoms with Gasteiger partial charge >= 0.3 is 0 Å². The first-order valence-corrected chi connectivity index (χ1v) is 6.29. The van der Waals surface area contributed by atoms with Gasteiger partial charge in [0.1, 0.15) is 6.61 Å². The minimum atomic E-state index is 0.480. The van der Waals surface area contributed by atoms with Crippen molar-refractivity contribution in [2.24, 2.45) is 5.16 Å². The lowest BCUT2D eigenvalue weighted by molar-refractivity contribution is 0.130. The molecule has 19 heavy (non-hydrogen) atoms. The third-order valence-electron chi connectivity index (χ3n) is 2.69. The van der Waals surface area contributed by atoms with Crippen LogP contribution in [0.5, 0.6) is 0 Å². The molecule has 0 radical (unpaired) electrons. The van der Waals surface area contributed by atoms with E-state index in [0.717, 1.165) is 16.8 Å². The van der Waals surface area contributed by atoms with E-state index >= 15 is 0 Å². The van der Waals surface area contributed by atoms with Gasteiger partial charge in [0.2, 0.25) is 0 Å². The van der Waals surface area contributed by atoms with Gasteiger partial charge in [-0.2, -0.15) is 0 Å². The monoisotopic (exact) mass is 251 g/mol. The molecule has 2 nitrogen and oxygen atoms in total. The highest BCUT2D eigenvalue weighted by molar-refractivity contribution is 6.00. The molecule has 0 aromatic heterocycles. The standard InChI is InChI=1S/C17H17NO/c1-2-9-17(16-12-7-4-8-13-16)18-19-14-15-10-5-3-6-11-15/h2-8,10-13H,1,9,14H2/b18-17+. The van der Waals surface area contributed by atoms with Crippen LogP contribution in [0.4, 0.5) is 0 Å². The summed E-state index contributed by atoms with van der Waals surface area (Å²) in [7, 11) is 0. The topological polar surface area (TPSA) is 21.6 Å². The molecule has 2 rings (SSSR count). The van der Waals surface area contributed by atoms with E-state index in [1.165, 1.54) is 0 Å². The van der Waals surface area contributed by atoms with Crippen LogP contribution >= 0.6 is 0 Å². The van der Waals surface area contributed by atoms with Crippen molar-refractivity contribution in [1.82, 2.24) is 0 Å². The van der Waals surface area contributed by atoms with Gasteiger partial charge in [0.05, 0.1) is 5.71 Å². The summed E-state index contributed by atoms with van der Waals surface area (Å²) in [5.74, 6) is 0. The van der Waals surface area contributed by atoms with Gasteiger partial charge in [0.15, 0.2) is 0 Å². The summed E-state index contributed by atoms with van der Waals surface area (Å²) in [5.41, 5.74) is 3.07. The van der Waals surface area contributed by atoms with Crippen LogP contribution < -0.4 is 0 Å². The van der Waals surface area contributed by atoms with Crippen molar-refractivity contribution in [2.75, 3.05) is 0 Å². The number of hydrogen-bond acceptors (Lipinski definition) is 2. The molecule has 0 spiro atoms. The molecule has 2 heteroatoms. The summed E-state index contributed by atoms with van der Waals surface area (Å²) in [6.07, 6.45) is 2.52. The van der Waals surface area contributed by atoms with Gasteiger partial charge in [0.25, 0.3) is 0 Å². The fraction of sp³-hybridized carbons (Fsp3) is 0.118. The minimum absolute atomic E-state index is 0.480. The zero-order valence-electron chi connectivity index (χ0n) is 10.8. The molecule has 2 aromatic rings. The number of allylic oxidation sites excluding steroid dienone is 1. The van der Waals surface area contributed by atoms with E-state index in [-0.39, 0.29) is 0 Å². The van der Waals surface area contributed by atoms with Crippen molar-refractivity contribution >= 4 is 5.71 Å². The van der Waals surface area contributed by atoms with Crippen molar-refractivity contribution in [2.45, 2.75) is 13.0 Å². The largest absolute Gasteiger partial charge is 0.391 e. The third-order valence-corrected chi connectivity index (χ3v) is 2.69. The predicted octanol–water partition coefficient (Wildman–Crippen LogP) is 4.18. The van der Waals surface area contributed by atoms with Crippen molar-refractivity contribution in [3.63, 3.8) is 0 Å². The van der Waals surface area contributed by atoms with E-state index in [4.69, 9.17) is 4.84 Å². The normalized spacial score (nSPS) is 11.1. The molecule has 0 bridgehead atoms. The Morgan fingerprint density at radius 2 is 1.63 bits per heavy atom. The molecule has 0 atom stereocenters. The maximum absolute atomic E-state index is 5.43. The van der Waals surface area contributed by atoms with E-state index in [0.29, 0.717) is 13.0 Å². The summed E-state index contributed by atoms with van der Waals surface area (Å²) < 4.78 is 0. The second-order valence-electron chi connectivity index (χ2n) is 4.16. The smallest absolute Gasteiger partial charge is 0.142 e. The molecule has 0 fully saturated rings. The quantitative estimate of drug-likeness (QED) is 0.428. The first kappa shape index (κ1) is 13.1. The molecule has 0 heterocycles. The molecule has 0 amide bonds. The van der Waals surface area contributed by atoms with E-state index in [1.54, 1.807) is 0 Å². The van der Waals surface area contributed by atoms with Crippen LogP contribution in [-0.2, 0) is 11.4 Å². The highest BCUT2D eigenvalue weighted by atomic mass is 16.6. The molecule has 0 unspecified atom stereocenters. The van der Waals surface area contributed by atoms with E-state index in [9.17, 15) is 0 Å². The molecule has 96 valence electrons. The zero-order chi connectivity index (χ0) is 13.3. The average Bonchev–Trinajstić information content (AvgIpc) is 2.48. The Hall–Kier alpha value is -2.35. The van der Waals surface area contributed by atoms with Gasteiger partial charge in [0, 0.05) is 6.42 Å². The molecule has 0 aliphatic rings. The van der Waals surface area contributed by atoms with Crippen molar-refractivity contribution in [3.05, 3.63) is 84.4 Å². The molecule has 0 saturated heterocycles. The van der Waals surface area contributed by atoms with Gasteiger partial charge in [-0.15, -0.1) is 6.58 Å². The Morgan fingerprint density at radius 3 is 2.26 bits per heavy atom. The molecule has 0 aliphatic carbocycles. The van der Waals surface area contributed by atoms with Crippen LogP contribution in [0.15, 0.2) is 78.5 Å². The van der Waals surface area contributed by atoms with E-state index in [1.807, 2.05) is 66.7 Å². The lowest BCUT2D eigenvalue weighted by Crippen LogP contribution is -2.00. The summed E-state index contributed by atoms with van der Waals surface area (Å²) >= 11 is 0. The van der Waals surface area contributed by atoms with Crippen molar-refractivity contribution in [1.29, 1.82) is 0 Å². The number of benzene rings is 2. The summed E-state index contributed by atoms with van der Waals surface area (Å²) in [4.78, 5) is 5.43. The van der Waals surface area contributed by atoms with E-state index < -0.39 is 0 Å². The summed E-state index contributed by atoms with van der Waals surface area (Å²) in [5, 5.41) is 4.22. The SMILES string of the molecule is C=CC/C(=N\OCc1ccccc1)c1ccccc1. The molecular weight excluding hydrogens is 234 g/mol. The van der Waals surface area contributed by atoms with Crippen LogP contribution in [-0.4, -0.2) is 5.71 Å². The maximum atomic E-state index is 5.43. The van der Waals surface area contributed by atoms with Gasteiger partial charge in [-0.3, -0.25) is 0 Å². The number of nitrogens with zero attached hydrogens (tertiary/aromatic N) is 1. The molecule has 0 saturated carbocycles. The highest BCUT2D eigenvalue weighted by Gasteiger charge is 2.01. The fourth-order valence-corrected chi connectivity index (χ4v) is 1.73. The highest BCUT2D eigenvalue weighted by Crippen LogP contribution is 2.07. The Morgan fingerprint density at radius 1 is 1.00 bits per heavy atom. The lowest BCUT2D eigenvalue weighted by Gasteiger charge is -2.05. The second kappa shape index (κ2) is 7.17. The number of oxime groups is 1. The van der Waals surface area contributed by atoms with Crippen LogP contribution in [0.3, 0.4) is 0 Å². The van der Waals surface area contributed by atoms with Crippen LogP contribution in [0.25, 0.3) is 0 Å². The molecular formula is C17H17NO. The second-order valence-corrected chi connectivity index (χ2v) is 4.16. The molecule has 0 N–H and O–H groups in total. The van der Waals surface area contributed by atoms with Crippen molar-refractivity contribution < 1.29 is 4.84 Å². The van der Waals surface area contributed by atoms with Crippen LogP contribution in [0.1, 0.15) is 17.5 Å². The average molecular weight is 251 g/mol.